The second-order valence-electron chi connectivity index (χ2n) is 6.04. The van der Waals surface area contributed by atoms with E-state index in [1.54, 1.807) is 12.4 Å². The molecule has 1 atom stereocenters. The number of anilines is 1. The average Bonchev–Trinajstić information content (AvgIpc) is 2.55. The van der Waals surface area contributed by atoms with E-state index in [-0.39, 0.29) is 12.2 Å². The Bertz CT molecular complexity index is 660. The first kappa shape index (κ1) is 15.7. The zero-order valence-corrected chi connectivity index (χ0v) is 13.9. The molecule has 5 heteroatoms. The van der Waals surface area contributed by atoms with Crippen molar-refractivity contribution in [2.24, 2.45) is 0 Å². The van der Waals surface area contributed by atoms with E-state index in [2.05, 4.69) is 46.1 Å². The van der Waals surface area contributed by atoms with Gasteiger partial charge in [0.1, 0.15) is 6.10 Å². The summed E-state index contributed by atoms with van der Waals surface area (Å²) in [5.41, 5.74) is 2.49. The highest BCUT2D eigenvalue weighted by molar-refractivity contribution is 5.40. The Balaban J connectivity index is 1.77. The van der Waals surface area contributed by atoms with Gasteiger partial charge in [0.2, 0.25) is 5.88 Å². The van der Waals surface area contributed by atoms with Gasteiger partial charge < -0.3 is 14.4 Å². The minimum absolute atomic E-state index is 0.0569. The van der Waals surface area contributed by atoms with Crippen LogP contribution in [-0.4, -0.2) is 35.8 Å². The zero-order chi connectivity index (χ0) is 16.2. The molecule has 1 aliphatic heterocycles. The van der Waals surface area contributed by atoms with Gasteiger partial charge in [-0.3, -0.25) is 4.98 Å². The van der Waals surface area contributed by atoms with Crippen molar-refractivity contribution in [2.45, 2.75) is 33.0 Å². The molecule has 5 nitrogen and oxygen atoms in total. The van der Waals surface area contributed by atoms with E-state index in [9.17, 15) is 0 Å². The number of hydrogen-bond donors (Lipinski definition) is 0. The van der Waals surface area contributed by atoms with Crippen molar-refractivity contribution in [1.29, 1.82) is 0 Å². The third-order valence-electron chi connectivity index (χ3n) is 3.88. The third-order valence-corrected chi connectivity index (χ3v) is 3.88. The van der Waals surface area contributed by atoms with Gasteiger partial charge in [-0.05, 0) is 31.9 Å². The molecular formula is C18H23N3O2. The number of benzene rings is 1. The lowest BCUT2D eigenvalue weighted by Crippen LogP contribution is -2.39. The average molecular weight is 313 g/mol. The molecule has 0 bridgehead atoms. The van der Waals surface area contributed by atoms with Crippen LogP contribution in [0.1, 0.15) is 31.1 Å². The fourth-order valence-corrected chi connectivity index (χ4v) is 2.78. The quantitative estimate of drug-likeness (QED) is 0.868. The maximum absolute atomic E-state index is 5.97. The first-order valence-electron chi connectivity index (χ1n) is 8.04. The fourth-order valence-electron chi connectivity index (χ4n) is 2.78. The van der Waals surface area contributed by atoms with Crippen LogP contribution < -0.4 is 9.64 Å². The lowest BCUT2D eigenvalue weighted by Gasteiger charge is -2.34. The SMILES string of the molecule is Cc1ccccc1C1CN(c2cncc(OC(C)C)n2)CCO1. The van der Waals surface area contributed by atoms with Crippen LogP contribution in [0.3, 0.4) is 0 Å². The van der Waals surface area contributed by atoms with E-state index in [1.807, 2.05) is 13.8 Å². The Morgan fingerprint density at radius 3 is 2.87 bits per heavy atom. The summed E-state index contributed by atoms with van der Waals surface area (Å²) in [5, 5.41) is 0. The van der Waals surface area contributed by atoms with Gasteiger partial charge in [0.25, 0.3) is 0 Å². The Morgan fingerprint density at radius 2 is 2.09 bits per heavy atom. The highest BCUT2D eigenvalue weighted by Gasteiger charge is 2.24. The summed E-state index contributed by atoms with van der Waals surface area (Å²) < 4.78 is 11.6. The van der Waals surface area contributed by atoms with Gasteiger partial charge in [0, 0.05) is 13.1 Å². The molecule has 0 radical (unpaired) electrons. The Hall–Kier alpha value is -2.14. The van der Waals surface area contributed by atoms with Crippen molar-refractivity contribution >= 4 is 5.82 Å². The maximum Gasteiger partial charge on any atom is 0.234 e. The van der Waals surface area contributed by atoms with Crippen LogP contribution in [0.5, 0.6) is 5.88 Å². The minimum Gasteiger partial charge on any atom is -0.474 e. The molecule has 2 heterocycles. The van der Waals surface area contributed by atoms with E-state index in [1.165, 1.54) is 11.1 Å². The van der Waals surface area contributed by atoms with E-state index in [0.29, 0.717) is 12.5 Å². The van der Waals surface area contributed by atoms with E-state index in [4.69, 9.17) is 9.47 Å². The Labute approximate surface area is 137 Å². The Kier molecular flexibility index (Phi) is 4.76. The smallest absolute Gasteiger partial charge is 0.234 e. The normalized spacial score (nSPS) is 18.3. The molecule has 2 aromatic rings. The van der Waals surface area contributed by atoms with Crippen LogP contribution in [0, 0.1) is 6.92 Å². The lowest BCUT2D eigenvalue weighted by molar-refractivity contribution is 0.0390. The predicted molar refractivity (Wildman–Crippen MR) is 89.9 cm³/mol. The summed E-state index contributed by atoms with van der Waals surface area (Å²) in [6.45, 7) is 8.34. The predicted octanol–water partition coefficient (Wildman–Crippen LogP) is 3.15. The second kappa shape index (κ2) is 6.96. The van der Waals surface area contributed by atoms with Crippen molar-refractivity contribution < 1.29 is 9.47 Å². The number of morpholine rings is 1. The van der Waals surface area contributed by atoms with Crippen LogP contribution in [-0.2, 0) is 4.74 Å². The van der Waals surface area contributed by atoms with Gasteiger partial charge in [0.15, 0.2) is 5.82 Å². The lowest BCUT2D eigenvalue weighted by atomic mass is 10.0. The summed E-state index contributed by atoms with van der Waals surface area (Å²) >= 11 is 0. The summed E-state index contributed by atoms with van der Waals surface area (Å²) in [5.74, 6) is 1.40. The second-order valence-corrected chi connectivity index (χ2v) is 6.04. The molecule has 1 aromatic carbocycles. The van der Waals surface area contributed by atoms with Gasteiger partial charge in [-0.2, -0.15) is 4.98 Å². The molecule has 0 N–H and O–H groups in total. The summed E-state index contributed by atoms with van der Waals surface area (Å²) in [7, 11) is 0. The highest BCUT2D eigenvalue weighted by atomic mass is 16.5. The molecule has 3 rings (SSSR count). The number of aromatic nitrogens is 2. The van der Waals surface area contributed by atoms with E-state index < -0.39 is 0 Å². The number of nitrogens with zero attached hydrogens (tertiary/aromatic N) is 3. The van der Waals surface area contributed by atoms with Crippen molar-refractivity contribution in [1.82, 2.24) is 9.97 Å². The van der Waals surface area contributed by atoms with Crippen LogP contribution >= 0.6 is 0 Å². The zero-order valence-electron chi connectivity index (χ0n) is 13.9. The largest absolute Gasteiger partial charge is 0.474 e. The van der Waals surface area contributed by atoms with E-state index in [0.717, 1.165) is 18.9 Å². The van der Waals surface area contributed by atoms with Crippen molar-refractivity contribution in [3.63, 3.8) is 0 Å². The third kappa shape index (κ3) is 3.79. The van der Waals surface area contributed by atoms with Crippen molar-refractivity contribution in [3.8, 4) is 5.88 Å². The number of rotatable bonds is 4. The fraction of sp³-hybridized carbons (Fsp3) is 0.444. The van der Waals surface area contributed by atoms with Crippen LogP contribution in [0.4, 0.5) is 5.82 Å². The summed E-state index contributed by atoms with van der Waals surface area (Å²) in [6, 6.07) is 8.36. The first-order chi connectivity index (χ1) is 11.1. The van der Waals surface area contributed by atoms with Gasteiger partial charge in [-0.15, -0.1) is 0 Å². The molecule has 1 aliphatic rings. The molecule has 0 saturated carbocycles. The molecule has 0 aliphatic carbocycles. The molecule has 1 fully saturated rings. The van der Waals surface area contributed by atoms with E-state index >= 15 is 0 Å². The Morgan fingerprint density at radius 1 is 1.26 bits per heavy atom. The summed E-state index contributed by atoms with van der Waals surface area (Å²) in [6.07, 6.45) is 3.58. The van der Waals surface area contributed by atoms with Crippen molar-refractivity contribution in [3.05, 3.63) is 47.8 Å². The van der Waals surface area contributed by atoms with Crippen molar-refractivity contribution in [2.75, 3.05) is 24.6 Å². The molecule has 1 saturated heterocycles. The van der Waals surface area contributed by atoms with Crippen LogP contribution in [0.25, 0.3) is 0 Å². The monoisotopic (exact) mass is 313 g/mol. The van der Waals surface area contributed by atoms with Gasteiger partial charge >= 0.3 is 0 Å². The summed E-state index contributed by atoms with van der Waals surface area (Å²) in [4.78, 5) is 11.0. The van der Waals surface area contributed by atoms with Gasteiger partial charge in [-0.25, -0.2) is 0 Å². The molecule has 1 unspecified atom stereocenters. The van der Waals surface area contributed by atoms with Crippen LogP contribution in [0.15, 0.2) is 36.7 Å². The molecular weight excluding hydrogens is 290 g/mol. The van der Waals surface area contributed by atoms with Gasteiger partial charge in [0.05, 0.1) is 25.1 Å². The topological polar surface area (TPSA) is 47.5 Å². The number of hydrogen-bond acceptors (Lipinski definition) is 5. The molecule has 0 spiro atoms. The maximum atomic E-state index is 5.97. The molecule has 23 heavy (non-hydrogen) atoms. The molecule has 1 aromatic heterocycles. The minimum atomic E-state index is 0.0569. The highest BCUT2D eigenvalue weighted by Crippen LogP contribution is 2.27. The number of aryl methyl sites for hydroxylation is 1. The molecule has 122 valence electrons. The standard InChI is InChI=1S/C18H23N3O2/c1-13(2)23-18-11-19-10-17(20-18)21-8-9-22-16(12-21)15-7-5-4-6-14(15)3/h4-7,10-11,13,16H,8-9,12H2,1-3H3. The van der Waals surface area contributed by atoms with Gasteiger partial charge in [-0.1, -0.05) is 24.3 Å². The number of ether oxygens (including phenoxy) is 2. The first-order valence-corrected chi connectivity index (χ1v) is 8.04. The van der Waals surface area contributed by atoms with Crippen LogP contribution in [0.2, 0.25) is 0 Å². The molecule has 0 amide bonds.